The number of aromatic nitrogens is 2. The fourth-order valence-electron chi connectivity index (χ4n) is 9.86. The van der Waals surface area contributed by atoms with E-state index < -0.39 is 5.41 Å². The van der Waals surface area contributed by atoms with E-state index >= 15 is 0 Å². The first-order chi connectivity index (χ1) is 26.1. The quantitative estimate of drug-likeness (QED) is 0.186. The summed E-state index contributed by atoms with van der Waals surface area (Å²) in [7, 11) is 0. The van der Waals surface area contributed by atoms with Crippen LogP contribution in [0.15, 0.2) is 170 Å². The first-order valence-corrected chi connectivity index (χ1v) is 18.5. The molecule has 0 amide bonds. The van der Waals surface area contributed by atoms with Gasteiger partial charge in [-0.25, -0.2) is 0 Å². The van der Waals surface area contributed by atoms with Gasteiger partial charge in [0.25, 0.3) is 0 Å². The Morgan fingerprint density at radius 3 is 1.17 bits per heavy atom. The van der Waals surface area contributed by atoms with Crippen molar-refractivity contribution in [3.8, 4) is 33.4 Å². The van der Waals surface area contributed by atoms with Gasteiger partial charge in [0.15, 0.2) is 0 Å². The SMILES string of the molecule is Cc1cccc(C2(c3cccc(C)c3-c3cccc4[nH]c5ccccc5c34)c3ccccc3-c3ccccc32)c1-c1cccc2[nH]c3ccccc3c12. The first-order valence-electron chi connectivity index (χ1n) is 18.5. The number of hydrogen-bond acceptors (Lipinski definition) is 0. The van der Waals surface area contributed by atoms with E-state index in [1.54, 1.807) is 0 Å². The number of H-pyrrole nitrogens is 2. The molecule has 0 unspecified atom stereocenters. The van der Waals surface area contributed by atoms with Gasteiger partial charge in [0.2, 0.25) is 0 Å². The van der Waals surface area contributed by atoms with E-state index in [1.165, 1.54) is 88.3 Å². The topological polar surface area (TPSA) is 31.6 Å². The smallest absolute Gasteiger partial charge is 0.0725 e. The van der Waals surface area contributed by atoms with Gasteiger partial charge in [0.05, 0.1) is 5.41 Å². The Labute approximate surface area is 308 Å². The molecule has 11 rings (SSSR count). The molecule has 0 atom stereocenters. The highest BCUT2D eigenvalue weighted by Gasteiger charge is 2.49. The summed E-state index contributed by atoms with van der Waals surface area (Å²) in [6, 6.07) is 63.1. The number of aromatic amines is 2. The number of fused-ring (bicyclic) bond motifs is 9. The van der Waals surface area contributed by atoms with Crippen LogP contribution in [0.1, 0.15) is 33.4 Å². The molecule has 2 nitrogen and oxygen atoms in total. The summed E-state index contributed by atoms with van der Waals surface area (Å²) in [5, 5.41) is 5.02. The zero-order valence-corrected chi connectivity index (χ0v) is 29.7. The Balaban J connectivity index is 1.34. The van der Waals surface area contributed by atoms with Crippen LogP contribution in [-0.4, -0.2) is 9.97 Å². The van der Waals surface area contributed by atoms with Gasteiger partial charge < -0.3 is 9.97 Å². The molecule has 53 heavy (non-hydrogen) atoms. The average Bonchev–Trinajstić information content (AvgIpc) is 3.86. The Bertz CT molecular complexity index is 2890. The zero-order valence-electron chi connectivity index (χ0n) is 29.7. The van der Waals surface area contributed by atoms with Crippen molar-refractivity contribution in [1.29, 1.82) is 0 Å². The predicted octanol–water partition coefficient (Wildman–Crippen LogP) is 13.3. The number of rotatable bonds is 4. The fourth-order valence-corrected chi connectivity index (χ4v) is 9.86. The molecule has 8 aromatic carbocycles. The average molecular weight is 677 g/mol. The molecule has 1 aliphatic rings. The second-order valence-electron chi connectivity index (χ2n) is 14.6. The highest BCUT2D eigenvalue weighted by molar-refractivity contribution is 6.16. The molecule has 0 bridgehead atoms. The van der Waals surface area contributed by atoms with Crippen molar-refractivity contribution in [1.82, 2.24) is 9.97 Å². The summed E-state index contributed by atoms with van der Waals surface area (Å²) < 4.78 is 0. The molecule has 0 spiro atoms. The minimum Gasteiger partial charge on any atom is -0.354 e. The van der Waals surface area contributed by atoms with Crippen LogP contribution >= 0.6 is 0 Å². The Kier molecular flexibility index (Phi) is 6.33. The third kappa shape index (κ3) is 4.04. The van der Waals surface area contributed by atoms with Gasteiger partial charge in [-0.3, -0.25) is 0 Å². The van der Waals surface area contributed by atoms with E-state index in [2.05, 4.69) is 194 Å². The third-order valence-corrected chi connectivity index (χ3v) is 11.9. The number of nitrogens with one attached hydrogen (secondary N) is 2. The van der Waals surface area contributed by atoms with Crippen molar-refractivity contribution >= 4 is 43.6 Å². The number of benzene rings is 8. The molecule has 0 saturated heterocycles. The fraction of sp³-hybridized carbons (Fsp3) is 0.0588. The van der Waals surface area contributed by atoms with Crippen LogP contribution in [0.2, 0.25) is 0 Å². The summed E-state index contributed by atoms with van der Waals surface area (Å²) in [6.07, 6.45) is 0. The molecule has 2 heterocycles. The van der Waals surface area contributed by atoms with Gasteiger partial charge in [0, 0.05) is 43.6 Å². The zero-order chi connectivity index (χ0) is 35.3. The molecule has 250 valence electrons. The van der Waals surface area contributed by atoms with Crippen LogP contribution in [0.5, 0.6) is 0 Å². The molecule has 0 aliphatic heterocycles. The minimum absolute atomic E-state index is 0.627. The van der Waals surface area contributed by atoms with E-state index in [-0.39, 0.29) is 0 Å². The molecule has 2 aromatic heterocycles. The Hall–Kier alpha value is -6.64. The first kappa shape index (κ1) is 30.0. The lowest BCUT2D eigenvalue weighted by Crippen LogP contribution is -2.30. The molecule has 0 fully saturated rings. The molecular formula is C51H36N2. The summed E-state index contributed by atoms with van der Waals surface area (Å²) in [5.41, 5.74) is 19.4. The van der Waals surface area contributed by atoms with Crippen LogP contribution in [-0.2, 0) is 5.41 Å². The van der Waals surface area contributed by atoms with E-state index in [4.69, 9.17) is 0 Å². The molecule has 10 aromatic rings. The van der Waals surface area contributed by atoms with Crippen LogP contribution in [0, 0.1) is 13.8 Å². The molecule has 0 saturated carbocycles. The normalized spacial score (nSPS) is 13.2. The van der Waals surface area contributed by atoms with Crippen LogP contribution < -0.4 is 0 Å². The summed E-state index contributed by atoms with van der Waals surface area (Å²) in [4.78, 5) is 7.47. The Morgan fingerprint density at radius 2 is 0.679 bits per heavy atom. The lowest BCUT2D eigenvalue weighted by molar-refractivity contribution is 0.771. The second-order valence-corrected chi connectivity index (χ2v) is 14.6. The highest BCUT2D eigenvalue weighted by atomic mass is 14.7. The van der Waals surface area contributed by atoms with Crippen LogP contribution in [0.3, 0.4) is 0 Å². The van der Waals surface area contributed by atoms with Crippen molar-refractivity contribution in [3.05, 3.63) is 203 Å². The maximum atomic E-state index is 3.73. The summed E-state index contributed by atoms with van der Waals surface area (Å²) >= 11 is 0. The third-order valence-electron chi connectivity index (χ3n) is 11.9. The summed E-state index contributed by atoms with van der Waals surface area (Å²) in [6.45, 7) is 4.58. The van der Waals surface area contributed by atoms with E-state index in [1.807, 2.05) is 0 Å². The second kappa shape index (κ2) is 11.2. The van der Waals surface area contributed by atoms with Gasteiger partial charge >= 0.3 is 0 Å². The lowest BCUT2D eigenvalue weighted by atomic mass is 9.63. The largest absolute Gasteiger partial charge is 0.354 e. The van der Waals surface area contributed by atoms with Gasteiger partial charge in [-0.2, -0.15) is 0 Å². The van der Waals surface area contributed by atoms with E-state index in [0.29, 0.717) is 0 Å². The summed E-state index contributed by atoms with van der Waals surface area (Å²) in [5.74, 6) is 0. The molecule has 2 N–H and O–H groups in total. The van der Waals surface area contributed by atoms with Crippen molar-refractivity contribution in [3.63, 3.8) is 0 Å². The van der Waals surface area contributed by atoms with Gasteiger partial charge in [-0.15, -0.1) is 0 Å². The van der Waals surface area contributed by atoms with Crippen molar-refractivity contribution in [2.45, 2.75) is 19.3 Å². The van der Waals surface area contributed by atoms with Crippen LogP contribution in [0.25, 0.3) is 77.0 Å². The van der Waals surface area contributed by atoms with E-state index in [9.17, 15) is 0 Å². The van der Waals surface area contributed by atoms with E-state index in [0.717, 1.165) is 22.1 Å². The highest BCUT2D eigenvalue weighted by Crippen LogP contribution is 2.60. The molecule has 1 aliphatic carbocycles. The van der Waals surface area contributed by atoms with Gasteiger partial charge in [-0.05, 0) is 105 Å². The van der Waals surface area contributed by atoms with Crippen LogP contribution in [0.4, 0.5) is 0 Å². The van der Waals surface area contributed by atoms with Gasteiger partial charge in [0.1, 0.15) is 0 Å². The maximum Gasteiger partial charge on any atom is 0.0725 e. The molecule has 2 heteroatoms. The predicted molar refractivity (Wildman–Crippen MR) is 223 cm³/mol. The lowest BCUT2D eigenvalue weighted by Gasteiger charge is -2.38. The van der Waals surface area contributed by atoms with Crippen molar-refractivity contribution in [2.24, 2.45) is 0 Å². The molecular weight excluding hydrogens is 641 g/mol. The number of aryl methyl sites for hydroxylation is 2. The molecule has 0 radical (unpaired) electrons. The van der Waals surface area contributed by atoms with Crippen molar-refractivity contribution < 1.29 is 0 Å². The van der Waals surface area contributed by atoms with Gasteiger partial charge in [-0.1, -0.05) is 146 Å². The minimum atomic E-state index is -0.627. The Morgan fingerprint density at radius 1 is 0.321 bits per heavy atom. The standard InChI is InChI=1S/C51H36N2/c1-31-15-11-25-41(47(31)37-21-13-29-45-49(37)35-19-5-9-27-43(35)52-45)51(39-23-7-3-17-33(39)34-18-4-8-24-40(34)51)42-26-12-16-32(2)48(42)38-22-14-30-46-50(38)36-20-6-10-28-44(36)53-46/h3-30,52-53H,1-2H3. The monoisotopic (exact) mass is 676 g/mol. The number of hydrogen-bond donors (Lipinski definition) is 2. The maximum absolute atomic E-state index is 3.73. The van der Waals surface area contributed by atoms with Crippen molar-refractivity contribution in [2.75, 3.05) is 0 Å². The number of para-hydroxylation sites is 2.